The Labute approximate surface area is 192 Å². The average Bonchev–Trinajstić information content (AvgIpc) is 3.25. The molecule has 0 unspecified atom stereocenters. The van der Waals surface area contributed by atoms with E-state index >= 15 is 0 Å². The molecule has 1 aliphatic heterocycles. The number of ether oxygens (including phenoxy) is 1. The highest BCUT2D eigenvalue weighted by atomic mass is 32.2. The van der Waals surface area contributed by atoms with Gasteiger partial charge in [0, 0.05) is 44.1 Å². The molecule has 4 rings (SSSR count). The third-order valence-electron chi connectivity index (χ3n) is 5.32. The van der Waals surface area contributed by atoms with Gasteiger partial charge in [-0.1, -0.05) is 12.1 Å². The Bertz CT molecular complexity index is 1270. The second-order valence-corrected chi connectivity index (χ2v) is 10.00. The first-order chi connectivity index (χ1) is 15.8. The van der Waals surface area contributed by atoms with Gasteiger partial charge in [-0.25, -0.2) is 17.7 Å². The number of benzene rings is 2. The third-order valence-corrected chi connectivity index (χ3v) is 7.13. The van der Waals surface area contributed by atoms with E-state index in [2.05, 4.69) is 20.5 Å². The monoisotopic (exact) mass is 470 g/mol. The van der Waals surface area contributed by atoms with Crippen LogP contribution in [0.15, 0.2) is 47.4 Å². The third kappa shape index (κ3) is 4.90. The molecule has 3 aromatic rings. The molecule has 0 atom stereocenters. The number of aryl methyl sites for hydroxylation is 1. The summed E-state index contributed by atoms with van der Waals surface area (Å²) in [5, 5.41) is 9.85. The maximum absolute atomic E-state index is 13.4. The van der Waals surface area contributed by atoms with Crippen molar-refractivity contribution in [3.63, 3.8) is 0 Å². The highest BCUT2D eigenvalue weighted by molar-refractivity contribution is 7.89. The summed E-state index contributed by atoms with van der Waals surface area (Å²) >= 11 is 0. The fourth-order valence-corrected chi connectivity index (χ4v) is 4.48. The number of carbonyl (C=O) groups excluding carboxylic acids is 1. The number of nitrogens with zero attached hydrogens (tertiary/aromatic N) is 4. The van der Waals surface area contributed by atoms with Gasteiger partial charge < -0.3 is 15.0 Å². The summed E-state index contributed by atoms with van der Waals surface area (Å²) in [5.74, 6) is 0.806. The number of nitrogens with one attached hydrogen (secondary N) is 2. The minimum absolute atomic E-state index is 0.0552. The standard InChI is InChI=1S/C22H26N6O4S/c1-15-23-21(26-25-15)16-5-4-6-17(13-16)24-22(29)19-14-18(33(30,31)27(2)3)7-8-20(19)28-9-11-32-12-10-28/h4-8,13-14H,9-12H2,1-3H3,(H,24,29)(H,23,25,26). The summed E-state index contributed by atoms with van der Waals surface area (Å²) in [5.41, 5.74) is 2.23. The van der Waals surface area contributed by atoms with Crippen molar-refractivity contribution in [3.8, 4) is 11.4 Å². The Hall–Kier alpha value is -3.28. The number of rotatable bonds is 6. The SMILES string of the molecule is Cc1nc(-c2cccc(NC(=O)c3cc(S(=O)(=O)N(C)C)ccc3N3CCOCC3)c2)n[nH]1. The van der Waals surface area contributed by atoms with E-state index in [9.17, 15) is 13.2 Å². The van der Waals surface area contributed by atoms with Crippen molar-refractivity contribution in [3.05, 3.63) is 53.9 Å². The van der Waals surface area contributed by atoms with Crippen LogP contribution in [0.3, 0.4) is 0 Å². The number of morpholine rings is 1. The van der Waals surface area contributed by atoms with Crippen molar-refractivity contribution in [2.45, 2.75) is 11.8 Å². The summed E-state index contributed by atoms with van der Waals surface area (Å²) in [6.07, 6.45) is 0. The molecule has 0 spiro atoms. The van der Waals surface area contributed by atoms with Crippen LogP contribution in [-0.4, -0.2) is 74.2 Å². The van der Waals surface area contributed by atoms with E-state index in [0.717, 1.165) is 9.87 Å². The average molecular weight is 471 g/mol. The lowest BCUT2D eigenvalue weighted by Crippen LogP contribution is -2.37. The predicted molar refractivity (Wildman–Crippen MR) is 125 cm³/mol. The zero-order chi connectivity index (χ0) is 23.6. The molecule has 0 radical (unpaired) electrons. The van der Waals surface area contributed by atoms with Crippen molar-refractivity contribution in [2.24, 2.45) is 0 Å². The van der Waals surface area contributed by atoms with Crippen LogP contribution in [0.4, 0.5) is 11.4 Å². The van der Waals surface area contributed by atoms with Crippen LogP contribution < -0.4 is 10.2 Å². The molecule has 0 bridgehead atoms. The molecular weight excluding hydrogens is 444 g/mol. The van der Waals surface area contributed by atoms with E-state index < -0.39 is 15.9 Å². The quantitative estimate of drug-likeness (QED) is 0.566. The molecule has 1 saturated heterocycles. The van der Waals surface area contributed by atoms with E-state index in [1.807, 2.05) is 17.9 Å². The van der Waals surface area contributed by atoms with Crippen molar-refractivity contribution < 1.29 is 17.9 Å². The van der Waals surface area contributed by atoms with Crippen molar-refractivity contribution in [1.29, 1.82) is 0 Å². The van der Waals surface area contributed by atoms with Gasteiger partial charge >= 0.3 is 0 Å². The zero-order valence-corrected chi connectivity index (χ0v) is 19.5. The first-order valence-corrected chi connectivity index (χ1v) is 11.9. The maximum atomic E-state index is 13.4. The second kappa shape index (κ2) is 9.30. The Balaban J connectivity index is 1.69. The minimum Gasteiger partial charge on any atom is -0.378 e. The molecule has 2 aromatic carbocycles. The molecule has 0 aliphatic carbocycles. The molecule has 33 heavy (non-hydrogen) atoms. The van der Waals surface area contributed by atoms with Gasteiger partial charge in [-0.05, 0) is 37.3 Å². The smallest absolute Gasteiger partial charge is 0.257 e. The number of hydrogen-bond acceptors (Lipinski definition) is 7. The molecule has 11 heteroatoms. The van der Waals surface area contributed by atoms with Gasteiger partial charge in [-0.2, -0.15) is 5.10 Å². The number of H-pyrrole nitrogens is 1. The fraction of sp³-hybridized carbons (Fsp3) is 0.318. The van der Waals surface area contributed by atoms with Crippen LogP contribution in [0.2, 0.25) is 0 Å². The molecule has 1 aliphatic rings. The highest BCUT2D eigenvalue weighted by Gasteiger charge is 2.24. The summed E-state index contributed by atoms with van der Waals surface area (Å²) in [4.78, 5) is 19.8. The van der Waals surface area contributed by atoms with Gasteiger partial charge in [0.05, 0.1) is 23.7 Å². The minimum atomic E-state index is -3.70. The van der Waals surface area contributed by atoms with Crippen LogP contribution in [0.5, 0.6) is 0 Å². The summed E-state index contributed by atoms with van der Waals surface area (Å²) in [6.45, 7) is 4.11. The lowest BCUT2D eigenvalue weighted by atomic mass is 10.1. The fourth-order valence-electron chi connectivity index (χ4n) is 3.55. The molecule has 10 nitrogen and oxygen atoms in total. The summed E-state index contributed by atoms with van der Waals surface area (Å²) < 4.78 is 32.0. The number of aromatic amines is 1. The molecule has 0 saturated carbocycles. The Morgan fingerprint density at radius 3 is 2.58 bits per heavy atom. The molecule has 2 heterocycles. The van der Waals surface area contributed by atoms with Gasteiger partial charge in [0.1, 0.15) is 5.82 Å². The Kier molecular flexibility index (Phi) is 6.45. The lowest BCUT2D eigenvalue weighted by molar-refractivity contribution is 0.102. The number of carbonyl (C=O) groups is 1. The van der Waals surface area contributed by atoms with Gasteiger partial charge in [0.2, 0.25) is 10.0 Å². The highest BCUT2D eigenvalue weighted by Crippen LogP contribution is 2.28. The first kappa shape index (κ1) is 22.9. The van der Waals surface area contributed by atoms with Crippen LogP contribution in [0, 0.1) is 6.92 Å². The van der Waals surface area contributed by atoms with Crippen molar-refractivity contribution in [1.82, 2.24) is 19.5 Å². The lowest BCUT2D eigenvalue weighted by Gasteiger charge is -2.30. The maximum Gasteiger partial charge on any atom is 0.257 e. The van der Waals surface area contributed by atoms with Crippen LogP contribution >= 0.6 is 0 Å². The molecule has 1 amide bonds. The van der Waals surface area contributed by atoms with Crippen molar-refractivity contribution in [2.75, 3.05) is 50.6 Å². The summed E-state index contributed by atoms with van der Waals surface area (Å²) in [7, 11) is -0.784. The number of sulfonamides is 1. The molecule has 1 aromatic heterocycles. The van der Waals surface area contributed by atoms with E-state index in [1.54, 1.807) is 24.3 Å². The van der Waals surface area contributed by atoms with Crippen LogP contribution in [-0.2, 0) is 14.8 Å². The number of amides is 1. The van der Waals surface area contributed by atoms with Crippen molar-refractivity contribution >= 4 is 27.3 Å². The molecular formula is C22H26N6O4S. The number of aromatic nitrogens is 3. The Morgan fingerprint density at radius 2 is 1.91 bits per heavy atom. The van der Waals surface area contributed by atoms with E-state index in [1.165, 1.54) is 26.2 Å². The summed E-state index contributed by atoms with van der Waals surface area (Å²) in [6, 6.07) is 11.8. The Morgan fingerprint density at radius 1 is 1.15 bits per heavy atom. The van der Waals surface area contributed by atoms with Gasteiger partial charge in [0.25, 0.3) is 5.91 Å². The van der Waals surface area contributed by atoms with E-state index in [4.69, 9.17) is 4.74 Å². The van der Waals surface area contributed by atoms with E-state index in [-0.39, 0.29) is 10.5 Å². The predicted octanol–water partition coefficient (Wildman–Crippen LogP) is 2.12. The van der Waals surface area contributed by atoms with E-state index in [0.29, 0.717) is 49.3 Å². The van der Waals surface area contributed by atoms with Gasteiger partial charge in [0.15, 0.2) is 5.82 Å². The first-order valence-electron chi connectivity index (χ1n) is 10.5. The number of anilines is 2. The topological polar surface area (TPSA) is 121 Å². The normalized spacial score (nSPS) is 14.5. The van der Waals surface area contributed by atoms with Gasteiger partial charge in [-0.3, -0.25) is 9.89 Å². The van der Waals surface area contributed by atoms with Crippen LogP contribution in [0.25, 0.3) is 11.4 Å². The molecule has 174 valence electrons. The van der Waals surface area contributed by atoms with Gasteiger partial charge in [-0.15, -0.1) is 0 Å². The van der Waals surface area contributed by atoms with Crippen LogP contribution in [0.1, 0.15) is 16.2 Å². The molecule has 1 fully saturated rings. The zero-order valence-electron chi connectivity index (χ0n) is 18.7. The second-order valence-electron chi connectivity index (χ2n) is 7.85. The number of hydrogen-bond donors (Lipinski definition) is 2. The molecule has 2 N–H and O–H groups in total. The largest absolute Gasteiger partial charge is 0.378 e.